The second kappa shape index (κ2) is 8.23. The lowest BCUT2D eigenvalue weighted by Gasteiger charge is -2.42. The van der Waals surface area contributed by atoms with Gasteiger partial charge >= 0.3 is 0 Å². The highest BCUT2D eigenvalue weighted by molar-refractivity contribution is 4.88. The molecule has 1 N–H and O–H groups in total. The summed E-state index contributed by atoms with van der Waals surface area (Å²) in [5, 5.41) is 3.63. The minimum atomic E-state index is 0.305. The van der Waals surface area contributed by atoms with Crippen molar-refractivity contribution in [1.29, 1.82) is 0 Å². The molecule has 1 heterocycles. The molecule has 19 heavy (non-hydrogen) atoms. The Morgan fingerprint density at radius 3 is 2.42 bits per heavy atom. The molecule has 0 saturated carbocycles. The molecule has 0 amide bonds. The third-order valence-electron chi connectivity index (χ3n) is 4.44. The maximum absolute atomic E-state index is 5.80. The second-order valence-electron chi connectivity index (χ2n) is 6.58. The molecular weight excluding hydrogens is 236 g/mol. The first-order valence-electron chi connectivity index (χ1n) is 8.04. The normalized spacial score (nSPS) is 24.6. The summed E-state index contributed by atoms with van der Waals surface area (Å²) in [5.41, 5.74) is 0.305. The lowest BCUT2D eigenvalue weighted by molar-refractivity contribution is -0.0295. The number of hydrogen-bond acceptors (Lipinski definition) is 3. The largest absolute Gasteiger partial charge is 0.381 e. The Balaban J connectivity index is 2.62. The minimum absolute atomic E-state index is 0.305. The smallest absolute Gasteiger partial charge is 0.0546 e. The third kappa shape index (κ3) is 5.41. The molecule has 1 fully saturated rings. The molecule has 1 rings (SSSR count). The highest BCUT2D eigenvalue weighted by atomic mass is 16.5. The Labute approximate surface area is 120 Å². The zero-order valence-electron chi connectivity index (χ0n) is 13.7. The van der Waals surface area contributed by atoms with Crippen molar-refractivity contribution in [2.75, 3.05) is 33.4 Å². The first-order valence-corrected chi connectivity index (χ1v) is 8.04. The van der Waals surface area contributed by atoms with Crippen molar-refractivity contribution in [3.63, 3.8) is 0 Å². The average molecular weight is 270 g/mol. The zero-order valence-corrected chi connectivity index (χ0v) is 13.7. The fourth-order valence-electron chi connectivity index (χ4n) is 3.22. The Morgan fingerprint density at radius 1 is 1.26 bits per heavy atom. The van der Waals surface area contributed by atoms with E-state index in [1.165, 1.54) is 25.7 Å². The molecule has 1 aliphatic heterocycles. The van der Waals surface area contributed by atoms with E-state index in [-0.39, 0.29) is 0 Å². The molecule has 0 bridgehead atoms. The monoisotopic (exact) mass is 270 g/mol. The average Bonchev–Trinajstić information content (AvgIpc) is 2.39. The number of ether oxygens (including phenoxy) is 1. The van der Waals surface area contributed by atoms with Crippen molar-refractivity contribution in [2.45, 2.75) is 65.5 Å². The van der Waals surface area contributed by atoms with Crippen LogP contribution in [0.2, 0.25) is 0 Å². The van der Waals surface area contributed by atoms with E-state index in [0.29, 0.717) is 17.5 Å². The summed E-state index contributed by atoms with van der Waals surface area (Å²) < 4.78 is 5.80. The number of nitrogens with one attached hydrogen (secondary N) is 1. The third-order valence-corrected chi connectivity index (χ3v) is 4.44. The van der Waals surface area contributed by atoms with Crippen LogP contribution < -0.4 is 5.32 Å². The maximum atomic E-state index is 5.80. The summed E-state index contributed by atoms with van der Waals surface area (Å²) in [7, 11) is 2.28. The SMILES string of the molecule is CCC(CC)N(C)CC1(CNC(C)C)CCCOC1. The van der Waals surface area contributed by atoms with Gasteiger partial charge in [-0.2, -0.15) is 0 Å². The summed E-state index contributed by atoms with van der Waals surface area (Å²) >= 11 is 0. The fourth-order valence-corrected chi connectivity index (χ4v) is 3.22. The standard InChI is InChI=1S/C16H34N2O/c1-6-15(7-2)18(5)12-16(11-17-14(3)4)9-8-10-19-13-16/h14-15,17H,6-13H2,1-5H3. The van der Waals surface area contributed by atoms with Gasteiger partial charge < -0.3 is 15.0 Å². The van der Waals surface area contributed by atoms with Crippen LogP contribution in [0.5, 0.6) is 0 Å². The van der Waals surface area contributed by atoms with Crippen LogP contribution in [0.1, 0.15) is 53.4 Å². The highest BCUT2D eigenvalue weighted by Gasteiger charge is 2.35. The molecule has 0 radical (unpaired) electrons. The van der Waals surface area contributed by atoms with Gasteiger partial charge in [-0.3, -0.25) is 0 Å². The zero-order chi connectivity index (χ0) is 14.3. The molecule has 114 valence electrons. The molecule has 0 aliphatic carbocycles. The van der Waals surface area contributed by atoms with E-state index in [1.807, 2.05) is 0 Å². The molecule has 0 aromatic carbocycles. The van der Waals surface area contributed by atoms with Gasteiger partial charge in [0.2, 0.25) is 0 Å². The lowest BCUT2D eigenvalue weighted by atomic mass is 9.81. The molecule has 3 nitrogen and oxygen atoms in total. The summed E-state index contributed by atoms with van der Waals surface area (Å²) in [4.78, 5) is 2.55. The van der Waals surface area contributed by atoms with Crippen molar-refractivity contribution in [2.24, 2.45) is 5.41 Å². The van der Waals surface area contributed by atoms with Gasteiger partial charge in [0.15, 0.2) is 0 Å². The van der Waals surface area contributed by atoms with Crippen molar-refractivity contribution in [3.8, 4) is 0 Å². The molecule has 1 unspecified atom stereocenters. The molecule has 1 atom stereocenters. The van der Waals surface area contributed by atoms with Crippen LogP contribution >= 0.6 is 0 Å². The van der Waals surface area contributed by atoms with Crippen LogP contribution in [0.25, 0.3) is 0 Å². The first-order chi connectivity index (χ1) is 9.03. The fraction of sp³-hybridized carbons (Fsp3) is 1.00. The van der Waals surface area contributed by atoms with E-state index in [9.17, 15) is 0 Å². The van der Waals surface area contributed by atoms with Crippen LogP contribution in [0, 0.1) is 5.41 Å². The van der Waals surface area contributed by atoms with Crippen LogP contribution in [0.15, 0.2) is 0 Å². The van der Waals surface area contributed by atoms with Gasteiger partial charge in [-0.25, -0.2) is 0 Å². The molecule has 3 heteroatoms. The van der Waals surface area contributed by atoms with Gasteiger partial charge in [0.1, 0.15) is 0 Å². The van der Waals surface area contributed by atoms with Gasteiger partial charge in [0, 0.05) is 37.2 Å². The summed E-state index contributed by atoms with van der Waals surface area (Å²) in [5.74, 6) is 0. The highest BCUT2D eigenvalue weighted by Crippen LogP contribution is 2.30. The van der Waals surface area contributed by atoms with Crippen LogP contribution in [-0.4, -0.2) is 50.3 Å². The molecular formula is C16H34N2O. The molecule has 0 aromatic heterocycles. The Bertz CT molecular complexity index is 233. The summed E-state index contributed by atoms with van der Waals surface area (Å²) in [6.07, 6.45) is 4.97. The first kappa shape index (κ1) is 16.9. The van der Waals surface area contributed by atoms with E-state index in [1.54, 1.807) is 0 Å². The minimum Gasteiger partial charge on any atom is -0.381 e. The topological polar surface area (TPSA) is 24.5 Å². The lowest BCUT2D eigenvalue weighted by Crippen LogP contribution is -2.51. The summed E-state index contributed by atoms with van der Waals surface area (Å²) in [6.45, 7) is 13.1. The van der Waals surface area contributed by atoms with E-state index in [2.05, 4.69) is 45.0 Å². The van der Waals surface area contributed by atoms with Gasteiger partial charge in [0.05, 0.1) is 6.61 Å². The van der Waals surface area contributed by atoms with Gasteiger partial charge in [0.25, 0.3) is 0 Å². The number of rotatable bonds is 8. The van der Waals surface area contributed by atoms with Gasteiger partial charge in [-0.05, 0) is 32.7 Å². The molecule has 1 aliphatic rings. The maximum Gasteiger partial charge on any atom is 0.0546 e. The number of nitrogens with zero attached hydrogens (tertiary/aromatic N) is 1. The predicted octanol–water partition coefficient (Wildman–Crippen LogP) is 2.90. The van der Waals surface area contributed by atoms with E-state index >= 15 is 0 Å². The Kier molecular flexibility index (Phi) is 7.33. The molecule has 0 spiro atoms. The Morgan fingerprint density at radius 2 is 1.95 bits per heavy atom. The van der Waals surface area contributed by atoms with Gasteiger partial charge in [-0.1, -0.05) is 27.7 Å². The number of hydrogen-bond donors (Lipinski definition) is 1. The van der Waals surface area contributed by atoms with Crippen molar-refractivity contribution in [3.05, 3.63) is 0 Å². The van der Waals surface area contributed by atoms with Crippen molar-refractivity contribution < 1.29 is 4.74 Å². The second-order valence-corrected chi connectivity index (χ2v) is 6.58. The van der Waals surface area contributed by atoms with Crippen molar-refractivity contribution in [1.82, 2.24) is 10.2 Å². The molecule has 1 saturated heterocycles. The summed E-state index contributed by atoms with van der Waals surface area (Å²) in [6, 6.07) is 1.26. The Hall–Kier alpha value is -0.120. The van der Waals surface area contributed by atoms with Gasteiger partial charge in [-0.15, -0.1) is 0 Å². The molecule has 0 aromatic rings. The van der Waals surface area contributed by atoms with Crippen LogP contribution in [0.3, 0.4) is 0 Å². The van der Waals surface area contributed by atoms with Crippen LogP contribution in [0.4, 0.5) is 0 Å². The van der Waals surface area contributed by atoms with Crippen LogP contribution in [-0.2, 0) is 4.74 Å². The quantitative estimate of drug-likeness (QED) is 0.734. The predicted molar refractivity (Wildman–Crippen MR) is 82.6 cm³/mol. The van der Waals surface area contributed by atoms with E-state index < -0.39 is 0 Å². The van der Waals surface area contributed by atoms with E-state index in [4.69, 9.17) is 4.74 Å². The van der Waals surface area contributed by atoms with Crippen molar-refractivity contribution >= 4 is 0 Å². The van der Waals surface area contributed by atoms with E-state index in [0.717, 1.165) is 26.3 Å².